The molecule has 3 aromatic carbocycles. The summed E-state index contributed by atoms with van der Waals surface area (Å²) in [5.74, 6) is -0.406. The summed E-state index contributed by atoms with van der Waals surface area (Å²) in [7, 11) is -0.521. The number of nitrogens with one attached hydrogen (secondary N) is 1. The maximum absolute atomic E-state index is 12.6. The second-order valence-electron chi connectivity index (χ2n) is 7.91. The Hall–Kier alpha value is -3.54. The van der Waals surface area contributed by atoms with Gasteiger partial charge < -0.3 is 14.8 Å². The smallest absolute Gasteiger partial charge is 0.407 e. The Labute approximate surface area is 206 Å². The summed E-state index contributed by atoms with van der Waals surface area (Å²) >= 11 is 0. The molecule has 0 saturated carbocycles. The van der Waals surface area contributed by atoms with Crippen molar-refractivity contribution in [1.29, 1.82) is 0 Å². The van der Waals surface area contributed by atoms with Crippen LogP contribution in [0.5, 0.6) is 0 Å². The molecule has 7 nitrogen and oxygen atoms in total. The molecule has 35 heavy (non-hydrogen) atoms. The molecule has 0 aliphatic rings. The van der Waals surface area contributed by atoms with Crippen LogP contribution in [0.2, 0.25) is 0 Å². The number of amides is 1. The number of esters is 1. The van der Waals surface area contributed by atoms with Gasteiger partial charge in [-0.05, 0) is 23.1 Å². The van der Waals surface area contributed by atoms with Gasteiger partial charge in [0.1, 0.15) is 13.2 Å². The highest BCUT2D eigenvalue weighted by molar-refractivity contribution is 7.17. The Kier molecular flexibility index (Phi) is 10.9. The van der Waals surface area contributed by atoms with E-state index in [0.717, 1.165) is 16.7 Å². The van der Waals surface area contributed by atoms with Gasteiger partial charge in [-0.2, -0.15) is 0 Å². The maximum atomic E-state index is 12.6. The van der Waals surface area contributed by atoms with Gasteiger partial charge in [-0.1, -0.05) is 91.0 Å². The van der Waals surface area contributed by atoms with E-state index in [9.17, 15) is 14.2 Å². The molecule has 3 aromatic rings. The third-order valence-electron chi connectivity index (χ3n) is 5.33. The molecule has 182 valence electrons. The number of hydrogen-bond acceptors (Lipinski definition) is 6. The van der Waals surface area contributed by atoms with Crippen LogP contribution >= 0.6 is 8.69 Å². The van der Waals surface area contributed by atoms with Gasteiger partial charge in [0, 0.05) is 12.8 Å². The average molecular weight is 493 g/mol. The number of ether oxygens (including phenoxy) is 2. The zero-order valence-electron chi connectivity index (χ0n) is 19.2. The van der Waals surface area contributed by atoms with Crippen molar-refractivity contribution in [3.05, 3.63) is 108 Å². The van der Waals surface area contributed by atoms with E-state index >= 15 is 0 Å². The van der Waals surface area contributed by atoms with Crippen LogP contribution in [0.15, 0.2) is 91.0 Å². The van der Waals surface area contributed by atoms with Gasteiger partial charge in [0.25, 0.3) is 0 Å². The number of benzene rings is 3. The molecule has 2 unspecified atom stereocenters. The van der Waals surface area contributed by atoms with E-state index in [1.807, 2.05) is 91.0 Å². The zero-order chi connectivity index (χ0) is 24.7. The molecule has 0 radical (unpaired) electrons. The SMILES string of the molecule is O=POC(Cc1ccccc1)C(CCC(=O)OCc1ccccc1)NC(=O)OCc1ccccc1. The number of rotatable bonds is 13. The monoisotopic (exact) mass is 493 g/mol. The molecule has 0 aromatic heterocycles. The van der Waals surface area contributed by atoms with E-state index in [1.54, 1.807) is 0 Å². The number of hydrogen-bond donors (Lipinski definition) is 1. The first-order valence-corrected chi connectivity index (χ1v) is 12.1. The van der Waals surface area contributed by atoms with E-state index in [-0.39, 0.29) is 26.1 Å². The van der Waals surface area contributed by atoms with Gasteiger partial charge in [0.2, 0.25) is 0 Å². The summed E-state index contributed by atoms with van der Waals surface area (Å²) in [6, 6.07) is 27.5. The minimum absolute atomic E-state index is 0.0425. The second kappa shape index (κ2) is 14.7. The van der Waals surface area contributed by atoms with Crippen molar-refractivity contribution in [3.8, 4) is 0 Å². The molecule has 1 amide bonds. The fraction of sp³-hybridized carbons (Fsp3) is 0.259. The fourth-order valence-electron chi connectivity index (χ4n) is 3.51. The van der Waals surface area contributed by atoms with Crippen LogP contribution in [-0.4, -0.2) is 24.2 Å². The Bertz CT molecular complexity index is 1050. The standard InChI is InChI=1S/C27H28NO6P/c29-26(32-19-22-12-6-2-7-13-22)17-16-24(25(34-35-31)18-21-10-4-1-5-11-21)28-27(30)33-20-23-14-8-3-9-15-23/h1-15,24-25H,16-20H2,(H,28,30). The third-order valence-corrected chi connectivity index (χ3v) is 5.68. The lowest BCUT2D eigenvalue weighted by Crippen LogP contribution is -2.45. The van der Waals surface area contributed by atoms with Crippen molar-refractivity contribution < 1.29 is 28.2 Å². The van der Waals surface area contributed by atoms with Crippen molar-refractivity contribution in [3.63, 3.8) is 0 Å². The Balaban J connectivity index is 1.62. The first-order chi connectivity index (χ1) is 17.1. The normalized spacial score (nSPS) is 12.5. The Morgan fingerprint density at radius 2 is 1.26 bits per heavy atom. The minimum Gasteiger partial charge on any atom is -0.461 e. The number of carbonyl (C=O) groups excluding carboxylic acids is 2. The largest absolute Gasteiger partial charge is 0.461 e. The molecule has 0 bridgehead atoms. The molecule has 0 saturated heterocycles. The van der Waals surface area contributed by atoms with E-state index in [1.165, 1.54) is 0 Å². The Morgan fingerprint density at radius 1 is 0.743 bits per heavy atom. The molecule has 0 fully saturated rings. The maximum Gasteiger partial charge on any atom is 0.407 e. The second-order valence-corrected chi connectivity index (χ2v) is 8.27. The molecule has 0 aliphatic heterocycles. The predicted octanol–water partition coefficient (Wildman–Crippen LogP) is 5.64. The van der Waals surface area contributed by atoms with Gasteiger partial charge in [-0.25, -0.2) is 9.36 Å². The molecule has 3 rings (SSSR count). The first kappa shape index (κ1) is 26.1. The molecular formula is C27H28NO6P. The summed E-state index contributed by atoms with van der Waals surface area (Å²) in [6.07, 6.45) is -0.649. The summed E-state index contributed by atoms with van der Waals surface area (Å²) in [6.45, 7) is 0.266. The number of carbonyl (C=O) groups is 2. The summed E-state index contributed by atoms with van der Waals surface area (Å²) < 4.78 is 27.5. The Morgan fingerprint density at radius 3 is 1.80 bits per heavy atom. The topological polar surface area (TPSA) is 90.9 Å². The van der Waals surface area contributed by atoms with E-state index in [0.29, 0.717) is 6.42 Å². The van der Waals surface area contributed by atoms with Crippen LogP contribution in [0.25, 0.3) is 0 Å². The molecule has 8 heteroatoms. The highest BCUT2D eigenvalue weighted by Crippen LogP contribution is 2.18. The number of alkyl carbamates (subject to hydrolysis) is 1. The van der Waals surface area contributed by atoms with Crippen molar-refractivity contribution in [1.82, 2.24) is 5.32 Å². The average Bonchev–Trinajstić information content (AvgIpc) is 2.90. The zero-order valence-corrected chi connectivity index (χ0v) is 20.1. The van der Waals surface area contributed by atoms with Crippen molar-refractivity contribution >= 4 is 20.7 Å². The third kappa shape index (κ3) is 9.69. The molecule has 1 N–H and O–H groups in total. The van der Waals surface area contributed by atoms with Gasteiger partial charge in [0.05, 0.1) is 12.1 Å². The van der Waals surface area contributed by atoms with Crippen molar-refractivity contribution in [2.75, 3.05) is 0 Å². The van der Waals surface area contributed by atoms with Crippen molar-refractivity contribution in [2.24, 2.45) is 0 Å². The van der Waals surface area contributed by atoms with Crippen molar-refractivity contribution in [2.45, 2.75) is 44.6 Å². The fourth-order valence-corrected chi connectivity index (χ4v) is 3.84. The van der Waals surface area contributed by atoms with E-state index in [4.69, 9.17) is 14.0 Å². The summed E-state index contributed by atoms with van der Waals surface area (Å²) in [5, 5.41) is 2.78. The lowest BCUT2D eigenvalue weighted by atomic mass is 9.98. The van der Waals surface area contributed by atoms with Crippen LogP contribution < -0.4 is 5.32 Å². The lowest BCUT2D eigenvalue weighted by Gasteiger charge is -2.25. The molecule has 2 atom stereocenters. The first-order valence-electron chi connectivity index (χ1n) is 11.3. The van der Waals surface area contributed by atoms with E-state index < -0.39 is 32.9 Å². The van der Waals surface area contributed by atoms with Crippen LogP contribution in [0, 0.1) is 0 Å². The predicted molar refractivity (Wildman–Crippen MR) is 132 cm³/mol. The van der Waals surface area contributed by atoms with Gasteiger partial charge in [-0.3, -0.25) is 9.32 Å². The molecular weight excluding hydrogens is 465 g/mol. The molecule has 0 heterocycles. The van der Waals surface area contributed by atoms with Crippen LogP contribution in [0.3, 0.4) is 0 Å². The quantitative estimate of drug-likeness (QED) is 0.245. The summed E-state index contributed by atoms with van der Waals surface area (Å²) in [4.78, 5) is 24.9. The van der Waals surface area contributed by atoms with Crippen LogP contribution in [0.4, 0.5) is 4.79 Å². The lowest BCUT2D eigenvalue weighted by molar-refractivity contribution is -0.145. The van der Waals surface area contributed by atoms with Gasteiger partial charge in [0.15, 0.2) is 0 Å². The highest BCUT2D eigenvalue weighted by Gasteiger charge is 2.27. The van der Waals surface area contributed by atoms with E-state index in [2.05, 4.69) is 5.32 Å². The molecule has 0 spiro atoms. The molecule has 0 aliphatic carbocycles. The highest BCUT2D eigenvalue weighted by atomic mass is 31.1. The van der Waals surface area contributed by atoms with Crippen LogP contribution in [-0.2, 0) is 43.0 Å². The summed E-state index contributed by atoms with van der Waals surface area (Å²) in [5.41, 5.74) is 2.67. The minimum atomic E-state index is -0.652. The van der Waals surface area contributed by atoms with Gasteiger partial charge >= 0.3 is 20.7 Å². The van der Waals surface area contributed by atoms with Gasteiger partial charge in [-0.15, -0.1) is 0 Å². The van der Waals surface area contributed by atoms with Crippen LogP contribution in [0.1, 0.15) is 29.5 Å².